The number of rotatable bonds is 6. The first-order valence-corrected chi connectivity index (χ1v) is 11.4. The number of nitrogens with zero attached hydrogens (tertiary/aromatic N) is 2. The number of amides is 2. The summed E-state index contributed by atoms with van der Waals surface area (Å²) in [5, 5.41) is 0. The van der Waals surface area contributed by atoms with E-state index in [9.17, 15) is 19.2 Å². The maximum Gasteiger partial charge on any atom is 0.404 e. The molecule has 12 heteroatoms. The number of Topliss-reactive ketones (excluding diaryl/α,β-unsaturated/α-hetero) is 2. The second kappa shape index (κ2) is 7.74. The zero-order chi connectivity index (χ0) is 24.6. The van der Waals surface area contributed by atoms with Crippen LogP contribution < -0.4 is 5.73 Å². The van der Waals surface area contributed by atoms with Gasteiger partial charge in [0.25, 0.3) is 0 Å². The van der Waals surface area contributed by atoms with Crippen molar-refractivity contribution in [3.8, 4) is 0 Å². The first-order valence-electron chi connectivity index (χ1n) is 11.4. The molecule has 4 heterocycles. The quantitative estimate of drug-likeness (QED) is 0.478. The van der Waals surface area contributed by atoms with Crippen molar-refractivity contribution in [3.05, 3.63) is 11.3 Å². The maximum atomic E-state index is 14.1. The summed E-state index contributed by atoms with van der Waals surface area (Å²) in [4.78, 5) is 55.2. The van der Waals surface area contributed by atoms with Gasteiger partial charge in [-0.3, -0.25) is 14.4 Å². The van der Waals surface area contributed by atoms with Gasteiger partial charge in [-0.05, 0) is 13.8 Å². The lowest BCUT2D eigenvalue weighted by Crippen LogP contribution is -2.57. The summed E-state index contributed by atoms with van der Waals surface area (Å²) < 4.78 is 28.5. The standard InChI is InChI=1S/C22H29N3O9/c1-10(2)31-9-13-17(27)16-15(19(28)22(13)33-5-6-34-22)12(8-32-20(23)29)21(30-4)18-14(7-24(16)21)25(18)11(3)26/h10,12-14,18H,5-9H2,1-4H3,(H2,23,29)/t12-,13?,14+,18+,21-,25?/m1/s1. The van der Waals surface area contributed by atoms with Crippen molar-refractivity contribution in [3.63, 3.8) is 0 Å². The van der Waals surface area contributed by atoms with Crippen molar-refractivity contribution in [1.82, 2.24) is 9.80 Å². The van der Waals surface area contributed by atoms with Crippen molar-refractivity contribution in [2.24, 2.45) is 17.6 Å². The van der Waals surface area contributed by atoms with Crippen LogP contribution in [0.4, 0.5) is 4.79 Å². The zero-order valence-corrected chi connectivity index (χ0v) is 19.6. The lowest BCUT2D eigenvalue weighted by Gasteiger charge is -2.41. The predicted molar refractivity (Wildman–Crippen MR) is 112 cm³/mol. The van der Waals surface area contributed by atoms with Gasteiger partial charge in [0.05, 0.1) is 43.6 Å². The van der Waals surface area contributed by atoms with Crippen LogP contribution in [0.2, 0.25) is 0 Å². The Morgan fingerprint density at radius 1 is 1.18 bits per heavy atom. The monoisotopic (exact) mass is 479 g/mol. The highest BCUT2D eigenvalue weighted by molar-refractivity contribution is 6.17. The SMILES string of the molecule is CO[C@@]12[C@H](COC(N)=O)C3=C(C(=O)C(COC(C)C)C4(OCCO4)C3=O)N1C[C@H]1[C@@H]2N1C(C)=O. The fourth-order valence-electron chi connectivity index (χ4n) is 6.23. The average molecular weight is 479 g/mol. The normalized spacial score (nSPS) is 35.2. The Balaban J connectivity index is 1.62. The third-order valence-corrected chi connectivity index (χ3v) is 7.48. The van der Waals surface area contributed by atoms with Crippen LogP contribution in [-0.4, -0.2) is 103 Å². The van der Waals surface area contributed by atoms with Crippen molar-refractivity contribution in [2.75, 3.05) is 40.1 Å². The molecule has 0 radical (unpaired) electrons. The Morgan fingerprint density at radius 2 is 1.85 bits per heavy atom. The van der Waals surface area contributed by atoms with E-state index >= 15 is 0 Å². The van der Waals surface area contributed by atoms with Gasteiger partial charge in [0.2, 0.25) is 17.5 Å². The zero-order valence-electron chi connectivity index (χ0n) is 19.6. The highest BCUT2D eigenvalue weighted by atomic mass is 16.7. The third kappa shape index (κ3) is 2.85. The van der Waals surface area contributed by atoms with E-state index in [1.807, 2.05) is 13.8 Å². The van der Waals surface area contributed by atoms with E-state index in [0.29, 0.717) is 6.54 Å². The van der Waals surface area contributed by atoms with Crippen molar-refractivity contribution < 1.29 is 42.9 Å². The fraction of sp³-hybridized carbons (Fsp3) is 0.727. The number of fused-ring (bicyclic) bond motifs is 4. The minimum Gasteiger partial charge on any atom is -0.449 e. The summed E-state index contributed by atoms with van der Waals surface area (Å²) in [5.41, 5.74) is 4.26. The second-order valence-corrected chi connectivity index (χ2v) is 9.44. The van der Waals surface area contributed by atoms with Crippen molar-refractivity contribution in [1.29, 1.82) is 0 Å². The van der Waals surface area contributed by atoms with Crippen LogP contribution in [0.5, 0.6) is 0 Å². The smallest absolute Gasteiger partial charge is 0.404 e. The molecule has 1 unspecified atom stereocenters. The number of ether oxygens (including phenoxy) is 5. The van der Waals surface area contributed by atoms with Crippen LogP contribution in [0.25, 0.3) is 0 Å². The molecule has 4 aliphatic heterocycles. The van der Waals surface area contributed by atoms with Gasteiger partial charge < -0.3 is 39.2 Å². The highest BCUT2D eigenvalue weighted by Gasteiger charge is 2.79. The van der Waals surface area contributed by atoms with Crippen LogP contribution in [0.3, 0.4) is 0 Å². The Bertz CT molecular complexity index is 988. The van der Waals surface area contributed by atoms with Gasteiger partial charge in [0.1, 0.15) is 18.6 Å². The number of hydrogen-bond donors (Lipinski definition) is 1. The second-order valence-electron chi connectivity index (χ2n) is 9.44. The van der Waals surface area contributed by atoms with E-state index in [4.69, 9.17) is 29.4 Å². The number of hydrogen-bond acceptors (Lipinski definition) is 10. The molecule has 2 amide bonds. The fourth-order valence-corrected chi connectivity index (χ4v) is 6.23. The largest absolute Gasteiger partial charge is 0.449 e. The summed E-state index contributed by atoms with van der Waals surface area (Å²) in [5.74, 6) is -4.76. The molecule has 5 atom stereocenters. The molecule has 1 aliphatic carbocycles. The summed E-state index contributed by atoms with van der Waals surface area (Å²) >= 11 is 0. The Hall–Kier alpha value is -2.54. The third-order valence-electron chi connectivity index (χ3n) is 7.48. The van der Waals surface area contributed by atoms with Gasteiger partial charge in [-0.25, -0.2) is 4.79 Å². The van der Waals surface area contributed by atoms with Gasteiger partial charge in [-0.15, -0.1) is 0 Å². The lowest BCUT2D eigenvalue weighted by atomic mass is 9.75. The van der Waals surface area contributed by atoms with E-state index < -0.39 is 41.3 Å². The van der Waals surface area contributed by atoms with Crippen LogP contribution >= 0.6 is 0 Å². The summed E-state index contributed by atoms with van der Waals surface area (Å²) in [7, 11) is 1.45. The summed E-state index contributed by atoms with van der Waals surface area (Å²) in [6, 6.07) is -0.611. The molecule has 0 aromatic rings. The first kappa shape index (κ1) is 23.2. The Morgan fingerprint density at radius 3 is 2.41 bits per heavy atom. The minimum absolute atomic E-state index is 0.0677. The minimum atomic E-state index is -1.83. The number of nitrogens with two attached hydrogens (primary N) is 1. The van der Waals surface area contributed by atoms with E-state index in [1.54, 1.807) is 9.80 Å². The van der Waals surface area contributed by atoms with Gasteiger partial charge in [-0.1, -0.05) is 0 Å². The average Bonchev–Trinajstić information content (AvgIpc) is 3.07. The Labute approximate surface area is 196 Å². The number of carbonyl (C=O) groups excluding carboxylic acids is 4. The van der Waals surface area contributed by atoms with E-state index in [1.165, 1.54) is 14.0 Å². The number of allylic oxidation sites excluding steroid dienone is 1. The molecule has 0 bridgehead atoms. The lowest BCUT2D eigenvalue weighted by molar-refractivity contribution is -0.207. The molecule has 34 heavy (non-hydrogen) atoms. The molecule has 0 aromatic heterocycles. The van der Waals surface area contributed by atoms with Crippen LogP contribution in [-0.2, 0) is 38.1 Å². The molecule has 0 saturated carbocycles. The van der Waals surface area contributed by atoms with E-state index in [0.717, 1.165) is 0 Å². The number of carbonyl (C=O) groups is 4. The number of piperazine rings is 1. The van der Waals surface area contributed by atoms with E-state index in [-0.39, 0.29) is 61.5 Å². The Kier molecular flexibility index (Phi) is 5.28. The molecule has 12 nitrogen and oxygen atoms in total. The molecule has 3 fully saturated rings. The molecule has 0 aromatic carbocycles. The van der Waals surface area contributed by atoms with Crippen molar-refractivity contribution in [2.45, 2.75) is 50.5 Å². The molecular formula is C22H29N3O9. The summed E-state index contributed by atoms with van der Waals surface area (Å²) in [6.07, 6.45) is -1.21. The molecule has 3 saturated heterocycles. The van der Waals surface area contributed by atoms with Crippen LogP contribution in [0, 0.1) is 11.8 Å². The predicted octanol–water partition coefficient (Wildman–Crippen LogP) is -0.841. The first-order chi connectivity index (χ1) is 16.1. The summed E-state index contributed by atoms with van der Waals surface area (Å²) in [6.45, 7) is 5.32. The number of methoxy groups -OCH3 is 1. The molecule has 1 spiro atoms. The maximum absolute atomic E-state index is 14.1. The van der Waals surface area contributed by atoms with Crippen LogP contribution in [0.1, 0.15) is 20.8 Å². The molecule has 2 N–H and O–H groups in total. The van der Waals surface area contributed by atoms with Gasteiger partial charge in [0.15, 0.2) is 11.5 Å². The van der Waals surface area contributed by atoms with Gasteiger partial charge in [-0.2, -0.15) is 0 Å². The van der Waals surface area contributed by atoms with Crippen LogP contribution in [0.15, 0.2) is 11.3 Å². The number of ketones is 2. The molecule has 186 valence electrons. The number of primary amides is 1. The topological polar surface area (TPSA) is 147 Å². The van der Waals surface area contributed by atoms with Gasteiger partial charge >= 0.3 is 6.09 Å². The molecular weight excluding hydrogens is 450 g/mol. The van der Waals surface area contributed by atoms with Crippen molar-refractivity contribution >= 4 is 23.6 Å². The van der Waals surface area contributed by atoms with E-state index in [2.05, 4.69) is 0 Å². The van der Waals surface area contributed by atoms with Gasteiger partial charge in [0, 0.05) is 26.2 Å². The highest BCUT2D eigenvalue weighted by Crippen LogP contribution is 2.61. The molecule has 5 rings (SSSR count). The molecule has 5 aliphatic rings.